The van der Waals surface area contributed by atoms with Crippen LogP contribution < -0.4 is 9.47 Å². The van der Waals surface area contributed by atoms with Gasteiger partial charge in [-0.3, -0.25) is 5.10 Å². The van der Waals surface area contributed by atoms with Crippen molar-refractivity contribution < 1.29 is 14.2 Å². The highest BCUT2D eigenvalue weighted by atomic mass is 16.5. The first kappa shape index (κ1) is 16.7. The molecule has 0 bridgehead atoms. The zero-order valence-electron chi connectivity index (χ0n) is 14.6. The number of aromatic amines is 1. The van der Waals surface area contributed by atoms with E-state index in [9.17, 15) is 0 Å². The molecule has 0 saturated carbocycles. The first-order chi connectivity index (χ1) is 12.9. The van der Waals surface area contributed by atoms with E-state index in [4.69, 9.17) is 14.2 Å². The van der Waals surface area contributed by atoms with E-state index in [-0.39, 0.29) is 0 Å². The molecule has 134 valence electrons. The van der Waals surface area contributed by atoms with Crippen LogP contribution in [0.2, 0.25) is 0 Å². The number of nitrogens with zero attached hydrogens (tertiary/aromatic N) is 1. The number of aromatic nitrogens is 2. The van der Waals surface area contributed by atoms with Crippen molar-refractivity contribution >= 4 is 0 Å². The Morgan fingerprint density at radius 2 is 1.69 bits per heavy atom. The molecule has 0 aliphatic carbocycles. The molecule has 2 aromatic carbocycles. The summed E-state index contributed by atoms with van der Waals surface area (Å²) in [5, 5.41) is 6.92. The Balaban J connectivity index is 1.32. The molecular weight excluding hydrogens is 328 g/mol. The molecule has 4 rings (SSSR count). The molecule has 5 heteroatoms. The Bertz CT molecular complexity index is 792. The van der Waals surface area contributed by atoms with E-state index in [0.29, 0.717) is 12.5 Å². The molecule has 2 heterocycles. The van der Waals surface area contributed by atoms with Crippen LogP contribution in [0.25, 0.3) is 11.3 Å². The average molecular weight is 350 g/mol. The quantitative estimate of drug-likeness (QED) is 0.702. The third-order valence-corrected chi connectivity index (χ3v) is 4.47. The molecule has 1 saturated heterocycles. The SMILES string of the molecule is c1cc(-c2ccc(Oc3ccc(OCC4CCCOC4)cc3)cc2)[nH]n1. The lowest BCUT2D eigenvalue weighted by molar-refractivity contribution is 0.0352. The van der Waals surface area contributed by atoms with E-state index in [1.54, 1.807) is 6.20 Å². The van der Waals surface area contributed by atoms with Gasteiger partial charge in [-0.1, -0.05) is 0 Å². The van der Waals surface area contributed by atoms with Gasteiger partial charge in [0, 0.05) is 18.7 Å². The first-order valence-electron chi connectivity index (χ1n) is 8.95. The maximum Gasteiger partial charge on any atom is 0.127 e. The number of H-pyrrole nitrogens is 1. The summed E-state index contributed by atoms with van der Waals surface area (Å²) in [4.78, 5) is 0. The molecule has 26 heavy (non-hydrogen) atoms. The molecule has 3 aromatic rings. The van der Waals surface area contributed by atoms with E-state index < -0.39 is 0 Å². The van der Waals surface area contributed by atoms with Crippen molar-refractivity contribution in [1.82, 2.24) is 10.2 Å². The van der Waals surface area contributed by atoms with Crippen LogP contribution in [0.3, 0.4) is 0 Å². The molecule has 1 fully saturated rings. The van der Waals surface area contributed by atoms with Crippen molar-refractivity contribution in [2.45, 2.75) is 12.8 Å². The molecule has 1 aliphatic rings. The summed E-state index contributed by atoms with van der Waals surface area (Å²) in [7, 11) is 0. The minimum Gasteiger partial charge on any atom is -0.493 e. The van der Waals surface area contributed by atoms with Crippen LogP contribution in [0.4, 0.5) is 0 Å². The number of hydrogen-bond acceptors (Lipinski definition) is 4. The second-order valence-electron chi connectivity index (χ2n) is 6.46. The van der Waals surface area contributed by atoms with E-state index in [2.05, 4.69) is 10.2 Å². The van der Waals surface area contributed by atoms with Gasteiger partial charge in [-0.05, 0) is 73.0 Å². The average Bonchev–Trinajstić information content (AvgIpc) is 3.24. The highest BCUT2D eigenvalue weighted by Crippen LogP contribution is 2.26. The van der Waals surface area contributed by atoms with Crippen LogP contribution >= 0.6 is 0 Å². The summed E-state index contributed by atoms with van der Waals surface area (Å²) in [6.07, 6.45) is 4.04. The standard InChI is InChI=1S/C21H22N2O3/c1-2-16(14-24-13-1)15-25-18-7-9-20(10-8-18)26-19-5-3-17(4-6-19)21-11-12-22-23-21/h3-12,16H,1-2,13-15H2,(H,22,23). The number of rotatable bonds is 6. The Morgan fingerprint density at radius 1 is 0.962 bits per heavy atom. The minimum atomic E-state index is 0.494. The lowest BCUT2D eigenvalue weighted by atomic mass is 10.0. The van der Waals surface area contributed by atoms with Crippen molar-refractivity contribution in [3.8, 4) is 28.5 Å². The smallest absolute Gasteiger partial charge is 0.127 e. The molecule has 0 spiro atoms. The predicted octanol–water partition coefficient (Wildman–Crippen LogP) is 4.67. The zero-order chi connectivity index (χ0) is 17.6. The van der Waals surface area contributed by atoms with Gasteiger partial charge < -0.3 is 14.2 Å². The van der Waals surface area contributed by atoms with Crippen LogP contribution in [0.5, 0.6) is 17.2 Å². The zero-order valence-corrected chi connectivity index (χ0v) is 14.6. The van der Waals surface area contributed by atoms with E-state index >= 15 is 0 Å². The summed E-state index contributed by atoms with van der Waals surface area (Å²) in [6.45, 7) is 2.39. The molecule has 1 aromatic heterocycles. The monoisotopic (exact) mass is 350 g/mol. The van der Waals surface area contributed by atoms with Gasteiger partial charge in [0.1, 0.15) is 17.2 Å². The van der Waals surface area contributed by atoms with Gasteiger partial charge in [0.15, 0.2) is 0 Å². The van der Waals surface area contributed by atoms with Crippen molar-refractivity contribution in [2.75, 3.05) is 19.8 Å². The third-order valence-electron chi connectivity index (χ3n) is 4.47. The summed E-state index contributed by atoms with van der Waals surface area (Å²) >= 11 is 0. The molecule has 0 amide bonds. The topological polar surface area (TPSA) is 56.4 Å². The number of nitrogens with one attached hydrogen (secondary N) is 1. The van der Waals surface area contributed by atoms with Crippen LogP contribution in [0.15, 0.2) is 60.8 Å². The van der Waals surface area contributed by atoms with Gasteiger partial charge >= 0.3 is 0 Å². The maximum absolute atomic E-state index is 5.90. The van der Waals surface area contributed by atoms with E-state index in [0.717, 1.165) is 48.1 Å². The third kappa shape index (κ3) is 4.24. The van der Waals surface area contributed by atoms with E-state index in [1.165, 1.54) is 6.42 Å². The minimum absolute atomic E-state index is 0.494. The molecule has 1 N–H and O–H groups in total. The predicted molar refractivity (Wildman–Crippen MR) is 99.6 cm³/mol. The highest BCUT2D eigenvalue weighted by molar-refractivity contribution is 5.59. The largest absolute Gasteiger partial charge is 0.493 e. The molecular formula is C21H22N2O3. The van der Waals surface area contributed by atoms with Crippen LogP contribution in [-0.4, -0.2) is 30.0 Å². The van der Waals surface area contributed by atoms with Crippen molar-refractivity contribution in [2.24, 2.45) is 5.92 Å². The molecule has 1 unspecified atom stereocenters. The van der Waals surface area contributed by atoms with Crippen LogP contribution in [0, 0.1) is 5.92 Å². The van der Waals surface area contributed by atoms with Gasteiger partial charge in [-0.25, -0.2) is 0 Å². The molecule has 1 aliphatic heterocycles. The number of benzene rings is 2. The fourth-order valence-corrected chi connectivity index (χ4v) is 3.01. The maximum atomic E-state index is 5.90. The van der Waals surface area contributed by atoms with Gasteiger partial charge in [-0.15, -0.1) is 0 Å². The Labute approximate surface area is 152 Å². The Morgan fingerprint density at radius 3 is 2.35 bits per heavy atom. The fourth-order valence-electron chi connectivity index (χ4n) is 3.01. The normalized spacial score (nSPS) is 17.0. The van der Waals surface area contributed by atoms with Gasteiger partial charge in [0.05, 0.1) is 18.9 Å². The summed E-state index contributed by atoms with van der Waals surface area (Å²) in [5.41, 5.74) is 2.06. The fraction of sp³-hybridized carbons (Fsp3) is 0.286. The van der Waals surface area contributed by atoms with Gasteiger partial charge in [0.25, 0.3) is 0 Å². The van der Waals surface area contributed by atoms with Gasteiger partial charge in [-0.2, -0.15) is 5.10 Å². The number of ether oxygens (including phenoxy) is 3. The van der Waals surface area contributed by atoms with Crippen molar-refractivity contribution in [3.05, 3.63) is 60.8 Å². The van der Waals surface area contributed by atoms with E-state index in [1.807, 2.05) is 54.6 Å². The van der Waals surface area contributed by atoms with Crippen molar-refractivity contribution in [1.29, 1.82) is 0 Å². The lowest BCUT2D eigenvalue weighted by Gasteiger charge is -2.22. The molecule has 1 atom stereocenters. The summed E-state index contributed by atoms with van der Waals surface area (Å²) < 4.78 is 17.2. The molecule has 5 nitrogen and oxygen atoms in total. The van der Waals surface area contributed by atoms with Crippen LogP contribution in [0.1, 0.15) is 12.8 Å². The Hall–Kier alpha value is -2.79. The van der Waals surface area contributed by atoms with Crippen molar-refractivity contribution in [3.63, 3.8) is 0 Å². The Kier molecular flexibility index (Phi) is 5.17. The summed E-state index contributed by atoms with van der Waals surface area (Å²) in [6, 6.07) is 17.6. The lowest BCUT2D eigenvalue weighted by Crippen LogP contribution is -2.23. The number of hydrogen-bond donors (Lipinski definition) is 1. The second-order valence-corrected chi connectivity index (χ2v) is 6.46. The van der Waals surface area contributed by atoms with Gasteiger partial charge in [0.2, 0.25) is 0 Å². The second kappa shape index (κ2) is 8.06. The first-order valence-corrected chi connectivity index (χ1v) is 8.95. The summed E-state index contributed by atoms with van der Waals surface area (Å²) in [5.74, 6) is 2.93. The molecule has 0 radical (unpaired) electrons. The highest BCUT2D eigenvalue weighted by Gasteiger charge is 2.14. The van der Waals surface area contributed by atoms with Crippen LogP contribution in [-0.2, 0) is 4.74 Å².